The first kappa shape index (κ1) is 23.0. The Morgan fingerprint density at radius 2 is 1.24 bits per heavy atom. The first-order valence-corrected chi connectivity index (χ1v) is 14.9. The lowest BCUT2D eigenvalue weighted by atomic mass is 9.90. The SMILES string of the molecule is Cc1c(-c2ccc(-n3c4ccccc4c4c5ccccc5ccc43)cc2)ccc2c1-c1cccc3cccc(c13)S2. The van der Waals surface area contributed by atoms with Gasteiger partial charge in [0.15, 0.2) is 0 Å². The molecule has 0 atom stereocenters. The van der Waals surface area contributed by atoms with Crippen molar-refractivity contribution in [3.05, 3.63) is 139 Å². The van der Waals surface area contributed by atoms with E-state index in [1.165, 1.54) is 86.6 Å². The molecule has 2 heteroatoms. The standard InChI is InChI=1S/C39H25NS/c1-24-29(21-23-36-37(24)32-13-6-9-27-10-7-15-35(41-36)38(27)32)26-16-19-28(20-17-26)40-33-14-5-4-12-31(33)39-30-11-3-2-8-25(30)18-22-34(39)40/h2-23H,1H3. The lowest BCUT2D eigenvalue weighted by Gasteiger charge is -2.23. The number of rotatable bonds is 2. The second-order valence-corrected chi connectivity index (χ2v) is 12.0. The molecule has 1 aromatic heterocycles. The van der Waals surface area contributed by atoms with E-state index in [1.807, 2.05) is 11.8 Å². The Bertz CT molecular complexity index is 2330. The molecule has 9 rings (SSSR count). The lowest BCUT2D eigenvalue weighted by Crippen LogP contribution is -1.98. The second-order valence-electron chi connectivity index (χ2n) is 11.0. The van der Waals surface area contributed by atoms with E-state index in [0.717, 1.165) is 0 Å². The number of para-hydroxylation sites is 1. The molecule has 1 aliphatic heterocycles. The Labute approximate surface area is 242 Å². The van der Waals surface area contributed by atoms with Crippen molar-refractivity contribution in [2.75, 3.05) is 0 Å². The molecule has 1 aliphatic rings. The zero-order valence-electron chi connectivity index (χ0n) is 22.6. The number of nitrogens with zero attached hydrogens (tertiary/aromatic N) is 1. The van der Waals surface area contributed by atoms with Gasteiger partial charge in [-0.2, -0.15) is 0 Å². The van der Waals surface area contributed by atoms with Gasteiger partial charge in [-0.15, -0.1) is 0 Å². The van der Waals surface area contributed by atoms with Gasteiger partial charge in [0.25, 0.3) is 0 Å². The normalized spacial score (nSPS) is 12.4. The Kier molecular flexibility index (Phi) is 4.82. The van der Waals surface area contributed by atoms with Crippen LogP contribution in [0.1, 0.15) is 5.56 Å². The van der Waals surface area contributed by atoms with Gasteiger partial charge in [0.2, 0.25) is 0 Å². The Hall–Kier alpha value is -4.79. The number of hydrogen-bond acceptors (Lipinski definition) is 1. The Balaban J connectivity index is 1.21. The van der Waals surface area contributed by atoms with E-state index in [9.17, 15) is 0 Å². The fourth-order valence-corrected chi connectivity index (χ4v) is 8.16. The minimum atomic E-state index is 1.18. The van der Waals surface area contributed by atoms with E-state index in [4.69, 9.17) is 0 Å². The number of hydrogen-bond donors (Lipinski definition) is 0. The third kappa shape index (κ3) is 3.26. The summed E-state index contributed by atoms with van der Waals surface area (Å²) >= 11 is 1.89. The highest BCUT2D eigenvalue weighted by Gasteiger charge is 2.22. The van der Waals surface area contributed by atoms with Gasteiger partial charge in [0.1, 0.15) is 0 Å². The molecular formula is C39H25NS. The van der Waals surface area contributed by atoms with Crippen molar-refractivity contribution in [2.24, 2.45) is 0 Å². The van der Waals surface area contributed by atoms with Crippen LogP contribution in [0.4, 0.5) is 0 Å². The van der Waals surface area contributed by atoms with E-state index in [1.54, 1.807) is 0 Å². The molecule has 0 radical (unpaired) electrons. The summed E-state index contributed by atoms with van der Waals surface area (Å²) in [4.78, 5) is 2.69. The highest BCUT2D eigenvalue weighted by molar-refractivity contribution is 7.99. The van der Waals surface area contributed by atoms with Gasteiger partial charge < -0.3 is 4.57 Å². The molecule has 0 spiro atoms. The zero-order chi connectivity index (χ0) is 27.1. The summed E-state index contributed by atoms with van der Waals surface area (Å²) < 4.78 is 2.41. The first-order chi connectivity index (χ1) is 20.3. The van der Waals surface area contributed by atoms with Gasteiger partial charge in [-0.25, -0.2) is 0 Å². The predicted molar refractivity (Wildman–Crippen MR) is 176 cm³/mol. The van der Waals surface area contributed by atoms with E-state index in [0.29, 0.717) is 0 Å². The Morgan fingerprint density at radius 1 is 0.488 bits per heavy atom. The molecule has 0 unspecified atom stereocenters. The molecule has 2 heterocycles. The summed E-state index contributed by atoms with van der Waals surface area (Å²) in [7, 11) is 0. The zero-order valence-corrected chi connectivity index (χ0v) is 23.4. The topological polar surface area (TPSA) is 4.93 Å². The van der Waals surface area contributed by atoms with Crippen LogP contribution in [0.15, 0.2) is 143 Å². The summed E-state index contributed by atoms with van der Waals surface area (Å²) in [6.45, 7) is 2.29. The average molecular weight is 540 g/mol. The maximum atomic E-state index is 2.41. The van der Waals surface area contributed by atoms with Crippen LogP contribution in [-0.2, 0) is 0 Å². The maximum Gasteiger partial charge on any atom is 0.0547 e. The maximum absolute atomic E-state index is 2.41. The van der Waals surface area contributed by atoms with Crippen molar-refractivity contribution in [3.63, 3.8) is 0 Å². The smallest absolute Gasteiger partial charge is 0.0547 e. The van der Waals surface area contributed by atoms with Gasteiger partial charge in [0.05, 0.1) is 11.0 Å². The van der Waals surface area contributed by atoms with Crippen LogP contribution in [0, 0.1) is 6.92 Å². The third-order valence-corrected chi connectivity index (χ3v) is 9.90. The molecule has 0 aliphatic carbocycles. The average Bonchev–Trinajstić information content (AvgIpc) is 3.36. The van der Waals surface area contributed by atoms with E-state index >= 15 is 0 Å². The van der Waals surface area contributed by atoms with E-state index in [-0.39, 0.29) is 0 Å². The van der Waals surface area contributed by atoms with Gasteiger partial charge in [-0.05, 0) is 87.3 Å². The van der Waals surface area contributed by atoms with Crippen molar-refractivity contribution < 1.29 is 0 Å². The van der Waals surface area contributed by atoms with Crippen LogP contribution in [0.2, 0.25) is 0 Å². The van der Waals surface area contributed by atoms with Crippen molar-refractivity contribution in [1.82, 2.24) is 4.57 Å². The van der Waals surface area contributed by atoms with Gasteiger partial charge in [-0.3, -0.25) is 0 Å². The molecule has 0 saturated heterocycles. The fraction of sp³-hybridized carbons (Fsp3) is 0.0256. The molecule has 0 amide bonds. The third-order valence-electron chi connectivity index (χ3n) is 8.78. The summed E-state index contributed by atoms with van der Waals surface area (Å²) in [6.07, 6.45) is 0. The van der Waals surface area contributed by atoms with E-state index < -0.39 is 0 Å². The lowest BCUT2D eigenvalue weighted by molar-refractivity contribution is 1.18. The Morgan fingerprint density at radius 3 is 2.12 bits per heavy atom. The molecule has 0 fully saturated rings. The van der Waals surface area contributed by atoms with Gasteiger partial charge >= 0.3 is 0 Å². The van der Waals surface area contributed by atoms with Gasteiger partial charge in [0, 0.05) is 31.6 Å². The minimum Gasteiger partial charge on any atom is -0.309 e. The summed E-state index contributed by atoms with van der Waals surface area (Å²) in [5.74, 6) is 0. The molecular weight excluding hydrogens is 515 g/mol. The highest BCUT2D eigenvalue weighted by atomic mass is 32.2. The van der Waals surface area contributed by atoms with Crippen molar-refractivity contribution in [3.8, 4) is 27.9 Å². The van der Waals surface area contributed by atoms with Crippen LogP contribution >= 0.6 is 11.8 Å². The molecule has 8 aromatic rings. The van der Waals surface area contributed by atoms with Crippen molar-refractivity contribution in [2.45, 2.75) is 16.7 Å². The predicted octanol–water partition coefficient (Wildman–Crippen LogP) is 11.2. The fourth-order valence-electron chi connectivity index (χ4n) is 6.95. The van der Waals surface area contributed by atoms with Crippen molar-refractivity contribution in [1.29, 1.82) is 0 Å². The van der Waals surface area contributed by atoms with Gasteiger partial charge in [-0.1, -0.05) is 109 Å². The van der Waals surface area contributed by atoms with Crippen molar-refractivity contribution >= 4 is 55.1 Å². The van der Waals surface area contributed by atoms with Crippen LogP contribution in [0.3, 0.4) is 0 Å². The molecule has 41 heavy (non-hydrogen) atoms. The van der Waals surface area contributed by atoms with Crippen LogP contribution < -0.4 is 0 Å². The highest BCUT2D eigenvalue weighted by Crippen LogP contribution is 2.50. The molecule has 0 saturated carbocycles. The minimum absolute atomic E-state index is 1.18. The number of fused-ring (bicyclic) bond motifs is 7. The molecule has 7 aromatic carbocycles. The molecule has 1 nitrogen and oxygen atoms in total. The monoisotopic (exact) mass is 539 g/mol. The van der Waals surface area contributed by atoms with Crippen LogP contribution in [-0.4, -0.2) is 4.57 Å². The van der Waals surface area contributed by atoms with Crippen LogP contribution in [0.5, 0.6) is 0 Å². The second kappa shape index (κ2) is 8.60. The summed E-state index contributed by atoms with van der Waals surface area (Å²) in [6, 6.07) is 49.1. The van der Waals surface area contributed by atoms with E-state index in [2.05, 4.69) is 145 Å². The number of benzene rings is 7. The molecule has 0 N–H and O–H groups in total. The quantitative estimate of drug-likeness (QED) is 0.211. The first-order valence-electron chi connectivity index (χ1n) is 14.1. The van der Waals surface area contributed by atoms with Crippen LogP contribution in [0.25, 0.3) is 71.3 Å². The molecule has 0 bridgehead atoms. The summed E-state index contributed by atoms with van der Waals surface area (Å²) in [5, 5.41) is 7.88. The number of aromatic nitrogens is 1. The summed E-state index contributed by atoms with van der Waals surface area (Å²) in [5.41, 5.74) is 10.3. The molecule has 192 valence electrons. The largest absolute Gasteiger partial charge is 0.309 e.